The fourth-order valence-electron chi connectivity index (χ4n) is 4.66. The Morgan fingerprint density at radius 1 is 1.00 bits per heavy atom. The molecule has 0 unspecified atom stereocenters. The highest BCUT2D eigenvalue weighted by Crippen LogP contribution is 2.39. The normalized spacial score (nSPS) is 12.6. The highest BCUT2D eigenvalue weighted by molar-refractivity contribution is 6.05. The van der Waals surface area contributed by atoms with E-state index in [4.69, 9.17) is 4.98 Å². The van der Waals surface area contributed by atoms with Gasteiger partial charge in [0.05, 0.1) is 12.2 Å². The van der Waals surface area contributed by atoms with Crippen LogP contribution >= 0.6 is 0 Å². The summed E-state index contributed by atoms with van der Waals surface area (Å²) >= 11 is 0. The Morgan fingerprint density at radius 2 is 1.72 bits per heavy atom. The maximum Gasteiger partial charge on any atom is 0.328 e. The Bertz CT molecular complexity index is 1660. The van der Waals surface area contributed by atoms with Crippen LogP contribution < -0.4 is 26.2 Å². The molecule has 1 aliphatic rings. The molecule has 4 N–H and O–H groups in total. The number of carbonyl (C=O) groups is 2. The van der Waals surface area contributed by atoms with Crippen LogP contribution in [0.3, 0.4) is 0 Å². The van der Waals surface area contributed by atoms with Crippen molar-refractivity contribution < 1.29 is 22.8 Å². The number of halogens is 3. The molecule has 1 aromatic heterocycles. The number of rotatable bonds is 9. The molecule has 0 radical (unpaired) electrons. The van der Waals surface area contributed by atoms with Crippen LogP contribution in [0.4, 0.5) is 41.1 Å². The highest BCUT2D eigenvalue weighted by atomic mass is 19.1. The first-order chi connectivity index (χ1) is 20.6. The van der Waals surface area contributed by atoms with Gasteiger partial charge < -0.3 is 21.3 Å². The number of hydrogen-bond donors (Lipinski definition) is 4. The number of aromatic nitrogens is 2. The van der Waals surface area contributed by atoms with E-state index in [2.05, 4.69) is 26.3 Å². The van der Waals surface area contributed by atoms with Crippen LogP contribution in [0.2, 0.25) is 0 Å². The maximum absolute atomic E-state index is 15.0. The number of nitrogens with one attached hydrogen (secondary N) is 4. The molecule has 2 heterocycles. The Hall–Kier alpha value is -4.97. The van der Waals surface area contributed by atoms with Gasteiger partial charge in [-0.05, 0) is 61.0 Å². The predicted molar refractivity (Wildman–Crippen MR) is 159 cm³/mol. The van der Waals surface area contributed by atoms with Crippen LogP contribution in [-0.4, -0.2) is 41.0 Å². The summed E-state index contributed by atoms with van der Waals surface area (Å²) in [6.45, 7) is 6.84. The lowest BCUT2D eigenvalue weighted by Gasteiger charge is -2.31. The first-order valence-corrected chi connectivity index (χ1v) is 13.7. The lowest BCUT2D eigenvalue weighted by molar-refractivity contribution is 0.102. The minimum atomic E-state index is -0.936. The van der Waals surface area contributed by atoms with Crippen LogP contribution in [0.1, 0.15) is 35.3 Å². The van der Waals surface area contributed by atoms with Gasteiger partial charge in [-0.3, -0.25) is 4.79 Å². The molecular weight excluding hydrogens is 559 g/mol. The van der Waals surface area contributed by atoms with Gasteiger partial charge in [0.1, 0.15) is 23.1 Å². The fraction of sp³-hybridized carbons (Fsp3) is 0.226. The van der Waals surface area contributed by atoms with E-state index in [1.54, 1.807) is 18.2 Å². The summed E-state index contributed by atoms with van der Waals surface area (Å²) in [5.41, 5.74) is 2.24. The van der Waals surface area contributed by atoms with E-state index in [1.165, 1.54) is 30.3 Å². The van der Waals surface area contributed by atoms with Crippen LogP contribution in [0.15, 0.2) is 60.7 Å². The Balaban J connectivity index is 1.61. The van der Waals surface area contributed by atoms with Crippen molar-refractivity contribution in [1.82, 2.24) is 20.6 Å². The molecule has 222 valence electrons. The second-order valence-corrected chi connectivity index (χ2v) is 10.3. The number of urea groups is 1. The topological polar surface area (TPSA) is 111 Å². The molecule has 0 aliphatic carbocycles. The molecule has 0 saturated heterocycles. The van der Waals surface area contributed by atoms with E-state index in [0.717, 1.165) is 22.6 Å². The number of para-hydroxylation sites is 1. The maximum atomic E-state index is 15.0. The van der Waals surface area contributed by atoms with Crippen molar-refractivity contribution in [3.63, 3.8) is 0 Å². The number of amides is 3. The van der Waals surface area contributed by atoms with Crippen molar-refractivity contribution in [2.24, 2.45) is 0 Å². The van der Waals surface area contributed by atoms with Gasteiger partial charge in [0.25, 0.3) is 5.91 Å². The minimum absolute atomic E-state index is 0.0117. The fourth-order valence-corrected chi connectivity index (χ4v) is 4.66. The Morgan fingerprint density at radius 3 is 2.42 bits per heavy atom. The third-order valence-corrected chi connectivity index (χ3v) is 6.80. The molecule has 0 fully saturated rings. The molecule has 0 saturated carbocycles. The van der Waals surface area contributed by atoms with Gasteiger partial charge in [-0.15, -0.1) is 0 Å². The van der Waals surface area contributed by atoms with Crippen molar-refractivity contribution in [1.29, 1.82) is 0 Å². The molecule has 4 aromatic rings. The molecule has 0 atom stereocenters. The van der Waals surface area contributed by atoms with Crippen molar-refractivity contribution in [3.8, 4) is 11.3 Å². The number of hydrogen-bond acceptors (Lipinski definition) is 6. The lowest BCUT2D eigenvalue weighted by atomic mass is 9.97. The van der Waals surface area contributed by atoms with E-state index in [-0.39, 0.29) is 24.4 Å². The summed E-state index contributed by atoms with van der Waals surface area (Å²) in [6.07, 6.45) is 0. The number of aryl methyl sites for hydroxylation is 1. The van der Waals surface area contributed by atoms with Gasteiger partial charge in [0, 0.05) is 41.5 Å². The van der Waals surface area contributed by atoms with Crippen molar-refractivity contribution in [3.05, 3.63) is 94.8 Å². The van der Waals surface area contributed by atoms with Gasteiger partial charge >= 0.3 is 6.03 Å². The monoisotopic (exact) mass is 589 g/mol. The van der Waals surface area contributed by atoms with Gasteiger partial charge in [0.15, 0.2) is 5.82 Å². The van der Waals surface area contributed by atoms with E-state index >= 15 is 0 Å². The number of nitrogens with zero attached hydrogens (tertiary/aromatic N) is 3. The summed E-state index contributed by atoms with van der Waals surface area (Å²) in [4.78, 5) is 36.3. The molecule has 1 aliphatic heterocycles. The zero-order valence-electron chi connectivity index (χ0n) is 23.8. The average molecular weight is 590 g/mol. The molecular formula is C31H30F3N7O2. The standard InChI is InChI=1S/C31H30F3N7O2/c1-17(2)35-13-14-36-30-39-26(22-15-19(8-7-18(22)3)29(42)38-21-11-9-20(32)10-12-21)23-16-37-31(43)41(28(23)40-30)27-24(33)5-4-6-25(27)34/h4-12,15,17,35H,13-14,16H2,1-3H3,(H,37,43)(H,38,42)(H,36,39,40). The van der Waals surface area contributed by atoms with Gasteiger partial charge in [0.2, 0.25) is 5.95 Å². The van der Waals surface area contributed by atoms with E-state index in [1.807, 2.05) is 20.8 Å². The Labute approximate surface area is 246 Å². The summed E-state index contributed by atoms with van der Waals surface area (Å²) in [5.74, 6) is -2.58. The summed E-state index contributed by atoms with van der Waals surface area (Å²) < 4.78 is 43.3. The zero-order chi connectivity index (χ0) is 30.7. The highest BCUT2D eigenvalue weighted by Gasteiger charge is 2.34. The number of carbonyl (C=O) groups excluding carboxylic acids is 2. The number of benzene rings is 3. The van der Waals surface area contributed by atoms with E-state index < -0.39 is 35.1 Å². The van der Waals surface area contributed by atoms with Gasteiger partial charge in [-0.2, -0.15) is 4.98 Å². The predicted octanol–water partition coefficient (Wildman–Crippen LogP) is 5.89. The number of fused-ring (bicyclic) bond motifs is 1. The molecule has 12 heteroatoms. The molecule has 43 heavy (non-hydrogen) atoms. The SMILES string of the molecule is Cc1ccc(C(=O)Nc2ccc(F)cc2)cc1-c1nc(NCCNC(C)C)nc2c1CNC(=O)N2c1c(F)cccc1F. The molecule has 0 spiro atoms. The minimum Gasteiger partial charge on any atom is -0.353 e. The second kappa shape index (κ2) is 12.5. The van der Waals surface area contributed by atoms with Crippen LogP contribution in [0.25, 0.3) is 11.3 Å². The van der Waals surface area contributed by atoms with Crippen LogP contribution in [-0.2, 0) is 6.54 Å². The smallest absolute Gasteiger partial charge is 0.328 e. The van der Waals surface area contributed by atoms with Gasteiger partial charge in [-0.1, -0.05) is 26.0 Å². The number of anilines is 4. The largest absolute Gasteiger partial charge is 0.353 e. The summed E-state index contributed by atoms with van der Waals surface area (Å²) in [5, 5.41) is 11.8. The molecule has 9 nitrogen and oxygen atoms in total. The second-order valence-electron chi connectivity index (χ2n) is 10.3. The van der Waals surface area contributed by atoms with E-state index in [0.29, 0.717) is 41.2 Å². The average Bonchev–Trinajstić information content (AvgIpc) is 2.97. The van der Waals surface area contributed by atoms with Crippen LogP contribution in [0, 0.1) is 24.4 Å². The van der Waals surface area contributed by atoms with Crippen LogP contribution in [0.5, 0.6) is 0 Å². The molecule has 5 rings (SSSR count). The molecule has 3 aromatic carbocycles. The summed E-state index contributed by atoms with van der Waals surface area (Å²) in [6, 6.07) is 13.3. The first-order valence-electron chi connectivity index (χ1n) is 13.7. The van der Waals surface area contributed by atoms with Crippen molar-refractivity contribution in [2.75, 3.05) is 28.6 Å². The third-order valence-electron chi connectivity index (χ3n) is 6.80. The lowest BCUT2D eigenvalue weighted by Crippen LogP contribution is -2.43. The first kappa shape index (κ1) is 29.5. The molecule has 3 amide bonds. The Kier molecular flexibility index (Phi) is 8.58. The quantitative estimate of drug-likeness (QED) is 0.181. The van der Waals surface area contributed by atoms with E-state index in [9.17, 15) is 22.8 Å². The summed E-state index contributed by atoms with van der Waals surface area (Å²) in [7, 11) is 0. The van der Waals surface area contributed by atoms with Crippen molar-refractivity contribution >= 4 is 35.1 Å². The third kappa shape index (κ3) is 6.44. The zero-order valence-corrected chi connectivity index (χ0v) is 23.8. The van der Waals surface area contributed by atoms with Gasteiger partial charge in [-0.25, -0.2) is 27.8 Å². The molecule has 0 bridgehead atoms. The van der Waals surface area contributed by atoms with Crippen molar-refractivity contribution in [2.45, 2.75) is 33.4 Å².